The minimum atomic E-state index is -0.579. The number of phenolic OH excluding ortho intramolecular Hbond substituents is 2. The summed E-state index contributed by atoms with van der Waals surface area (Å²) in [7, 11) is 0. The van der Waals surface area contributed by atoms with Gasteiger partial charge < -0.3 is 20.6 Å². The molecule has 0 fully saturated rings. The Hall–Kier alpha value is -2.04. The Labute approximate surface area is 131 Å². The maximum Gasteiger partial charge on any atom is 0.115 e. The van der Waals surface area contributed by atoms with Crippen molar-refractivity contribution < 1.29 is 15.3 Å². The Morgan fingerprint density at radius 3 is 1.91 bits per heavy atom. The number of nitrogens with one attached hydrogen (secondary N) is 1. The fourth-order valence-corrected chi connectivity index (χ4v) is 2.34. The number of hydrogen-bond acceptors (Lipinski definition) is 4. The monoisotopic (exact) mass is 301 g/mol. The van der Waals surface area contributed by atoms with E-state index in [-0.39, 0.29) is 11.5 Å². The van der Waals surface area contributed by atoms with Crippen molar-refractivity contribution in [2.24, 2.45) is 0 Å². The number of benzene rings is 2. The summed E-state index contributed by atoms with van der Waals surface area (Å²) in [5.74, 6) is 0.872. The summed E-state index contributed by atoms with van der Waals surface area (Å²) in [6.45, 7) is 3.43. The minimum absolute atomic E-state index is 0.201. The summed E-state index contributed by atoms with van der Waals surface area (Å²) in [4.78, 5) is 0. The van der Waals surface area contributed by atoms with Crippen molar-refractivity contribution in [2.75, 3.05) is 13.1 Å². The van der Waals surface area contributed by atoms with Crippen LogP contribution in [0.1, 0.15) is 36.5 Å². The molecule has 0 saturated heterocycles. The van der Waals surface area contributed by atoms with Crippen LogP contribution in [0.2, 0.25) is 0 Å². The number of phenols is 2. The molecular formula is C18H23NO3. The van der Waals surface area contributed by atoms with Gasteiger partial charge in [-0.15, -0.1) is 0 Å². The Morgan fingerprint density at radius 2 is 1.36 bits per heavy atom. The Bertz CT molecular complexity index is 512. The summed E-state index contributed by atoms with van der Waals surface area (Å²) < 4.78 is 0. The molecule has 2 aromatic carbocycles. The van der Waals surface area contributed by atoms with E-state index >= 15 is 0 Å². The van der Waals surface area contributed by atoms with Gasteiger partial charge in [0.1, 0.15) is 11.5 Å². The van der Waals surface area contributed by atoms with E-state index in [0.717, 1.165) is 18.5 Å². The van der Waals surface area contributed by atoms with Crippen molar-refractivity contribution in [1.29, 1.82) is 0 Å². The smallest absolute Gasteiger partial charge is 0.115 e. The van der Waals surface area contributed by atoms with Gasteiger partial charge in [0.05, 0.1) is 6.10 Å². The van der Waals surface area contributed by atoms with Crippen LogP contribution in [0.15, 0.2) is 48.5 Å². The van der Waals surface area contributed by atoms with Crippen molar-refractivity contribution in [3.05, 3.63) is 59.7 Å². The Morgan fingerprint density at radius 1 is 0.864 bits per heavy atom. The first-order valence-corrected chi connectivity index (χ1v) is 7.53. The number of aliphatic hydroxyl groups excluding tert-OH is 1. The molecule has 1 unspecified atom stereocenters. The first-order chi connectivity index (χ1) is 10.6. The van der Waals surface area contributed by atoms with Crippen molar-refractivity contribution >= 4 is 0 Å². The van der Waals surface area contributed by atoms with E-state index in [1.807, 2.05) is 12.1 Å². The molecule has 4 N–H and O–H groups in total. The van der Waals surface area contributed by atoms with Gasteiger partial charge in [0, 0.05) is 6.54 Å². The Kier molecular flexibility index (Phi) is 5.81. The zero-order valence-electron chi connectivity index (χ0n) is 12.7. The first kappa shape index (κ1) is 16.3. The summed E-state index contributed by atoms with van der Waals surface area (Å²) in [6.07, 6.45) is 0.372. The van der Waals surface area contributed by atoms with Gasteiger partial charge in [0.2, 0.25) is 0 Å². The lowest BCUT2D eigenvalue weighted by Crippen LogP contribution is -2.23. The van der Waals surface area contributed by atoms with Gasteiger partial charge in [-0.3, -0.25) is 0 Å². The third-order valence-electron chi connectivity index (χ3n) is 3.83. The molecule has 0 aliphatic rings. The quantitative estimate of drug-likeness (QED) is 0.593. The zero-order chi connectivity index (χ0) is 15.9. The molecule has 4 heteroatoms. The molecule has 4 nitrogen and oxygen atoms in total. The van der Waals surface area contributed by atoms with E-state index in [0.29, 0.717) is 12.5 Å². The standard InChI is InChI=1S/C18H23NO3/c1-13(14-2-6-16(20)7-3-14)10-11-19-12-18(22)15-4-8-17(21)9-5-15/h2-9,13,18-22H,10-12H2,1H3/t13-,18?/m1/s1. The van der Waals surface area contributed by atoms with E-state index in [9.17, 15) is 15.3 Å². The lowest BCUT2D eigenvalue weighted by Gasteiger charge is -2.15. The average Bonchev–Trinajstić information content (AvgIpc) is 2.52. The molecule has 0 radical (unpaired) electrons. The van der Waals surface area contributed by atoms with Crippen LogP contribution in [-0.2, 0) is 0 Å². The second-order valence-corrected chi connectivity index (χ2v) is 5.59. The van der Waals surface area contributed by atoms with E-state index in [1.54, 1.807) is 36.4 Å². The molecule has 0 aromatic heterocycles. The molecule has 118 valence electrons. The molecule has 0 spiro atoms. The van der Waals surface area contributed by atoms with Crippen LogP contribution < -0.4 is 5.32 Å². The minimum Gasteiger partial charge on any atom is -0.508 e. The average molecular weight is 301 g/mol. The highest BCUT2D eigenvalue weighted by Crippen LogP contribution is 2.21. The van der Waals surface area contributed by atoms with Gasteiger partial charge in [0.15, 0.2) is 0 Å². The summed E-state index contributed by atoms with van der Waals surface area (Å²) in [5.41, 5.74) is 1.98. The molecule has 22 heavy (non-hydrogen) atoms. The van der Waals surface area contributed by atoms with Crippen LogP contribution in [0.25, 0.3) is 0 Å². The Balaban J connectivity index is 1.72. The van der Waals surface area contributed by atoms with Gasteiger partial charge in [-0.25, -0.2) is 0 Å². The van der Waals surface area contributed by atoms with E-state index < -0.39 is 6.10 Å². The molecular weight excluding hydrogens is 278 g/mol. The molecule has 2 aromatic rings. The zero-order valence-corrected chi connectivity index (χ0v) is 12.7. The van der Waals surface area contributed by atoms with E-state index in [2.05, 4.69) is 12.2 Å². The van der Waals surface area contributed by atoms with Crippen LogP contribution in [0.5, 0.6) is 11.5 Å². The molecule has 0 amide bonds. The van der Waals surface area contributed by atoms with Crippen molar-refractivity contribution in [3.8, 4) is 11.5 Å². The fourth-order valence-electron chi connectivity index (χ4n) is 2.34. The maximum absolute atomic E-state index is 10.1. The molecule has 2 atom stereocenters. The lowest BCUT2D eigenvalue weighted by atomic mass is 9.98. The normalized spacial score (nSPS) is 13.7. The van der Waals surface area contributed by atoms with Crippen molar-refractivity contribution in [3.63, 3.8) is 0 Å². The SMILES string of the molecule is C[C@H](CCNCC(O)c1ccc(O)cc1)c1ccc(O)cc1. The molecule has 0 aliphatic heterocycles. The van der Waals surface area contributed by atoms with Crippen LogP contribution in [-0.4, -0.2) is 28.4 Å². The molecule has 0 saturated carbocycles. The van der Waals surface area contributed by atoms with Crippen LogP contribution >= 0.6 is 0 Å². The second-order valence-electron chi connectivity index (χ2n) is 5.59. The number of aliphatic hydroxyl groups is 1. The topological polar surface area (TPSA) is 72.7 Å². The van der Waals surface area contributed by atoms with Gasteiger partial charge in [-0.2, -0.15) is 0 Å². The van der Waals surface area contributed by atoms with E-state index in [1.165, 1.54) is 5.56 Å². The second kappa shape index (κ2) is 7.82. The van der Waals surface area contributed by atoms with Crippen molar-refractivity contribution in [1.82, 2.24) is 5.32 Å². The molecule has 0 aliphatic carbocycles. The lowest BCUT2D eigenvalue weighted by molar-refractivity contribution is 0.174. The fraction of sp³-hybridized carbons (Fsp3) is 0.333. The summed E-state index contributed by atoms with van der Waals surface area (Å²) in [5, 5.41) is 31.8. The van der Waals surface area contributed by atoms with Gasteiger partial charge >= 0.3 is 0 Å². The van der Waals surface area contributed by atoms with Crippen LogP contribution in [0.3, 0.4) is 0 Å². The van der Waals surface area contributed by atoms with Gasteiger partial charge in [-0.1, -0.05) is 31.2 Å². The van der Waals surface area contributed by atoms with Gasteiger partial charge in [0.25, 0.3) is 0 Å². The highest BCUT2D eigenvalue weighted by atomic mass is 16.3. The molecule has 0 heterocycles. The highest BCUT2D eigenvalue weighted by molar-refractivity contribution is 5.28. The highest BCUT2D eigenvalue weighted by Gasteiger charge is 2.08. The summed E-state index contributed by atoms with van der Waals surface area (Å²) >= 11 is 0. The largest absolute Gasteiger partial charge is 0.508 e. The summed E-state index contributed by atoms with van der Waals surface area (Å²) in [6, 6.07) is 13.9. The van der Waals surface area contributed by atoms with Gasteiger partial charge in [-0.05, 0) is 54.3 Å². The van der Waals surface area contributed by atoms with E-state index in [4.69, 9.17) is 0 Å². The van der Waals surface area contributed by atoms with Crippen LogP contribution in [0.4, 0.5) is 0 Å². The van der Waals surface area contributed by atoms with Crippen LogP contribution in [0, 0.1) is 0 Å². The maximum atomic E-state index is 10.1. The first-order valence-electron chi connectivity index (χ1n) is 7.53. The third kappa shape index (κ3) is 4.76. The number of aromatic hydroxyl groups is 2. The van der Waals surface area contributed by atoms with Crippen molar-refractivity contribution in [2.45, 2.75) is 25.4 Å². The molecule has 0 bridgehead atoms. The third-order valence-corrected chi connectivity index (χ3v) is 3.83. The molecule has 2 rings (SSSR count). The predicted molar refractivity (Wildman–Crippen MR) is 87.1 cm³/mol. The number of hydrogen-bond donors (Lipinski definition) is 4. The predicted octanol–water partition coefficient (Wildman–Crippen LogP) is 2.91. The number of rotatable bonds is 7.